The van der Waals surface area contributed by atoms with Crippen LogP contribution in [0.1, 0.15) is 52.0 Å². The van der Waals surface area contributed by atoms with Gasteiger partial charge in [0.15, 0.2) is 12.4 Å². The van der Waals surface area contributed by atoms with Gasteiger partial charge in [0, 0.05) is 11.3 Å². The van der Waals surface area contributed by atoms with Crippen LogP contribution >= 0.6 is 0 Å². The fourth-order valence-electron chi connectivity index (χ4n) is 6.74. The van der Waals surface area contributed by atoms with E-state index in [1.807, 2.05) is 18.2 Å². The van der Waals surface area contributed by atoms with E-state index in [4.69, 9.17) is 4.74 Å². The van der Waals surface area contributed by atoms with Gasteiger partial charge in [-0.2, -0.15) is 0 Å². The SMILES string of the molecule is CC(=O)c1ccc(NC(=O)COC(=O)c2ccc(N3C(=O)[C@@H]4[C@@H]5C[C@@H]([C@H]4C3=O)[C@H](c3ccccc3)C5)cc2)cc1. The molecule has 2 aliphatic carbocycles. The Morgan fingerprint density at radius 1 is 0.825 bits per heavy atom. The molecule has 3 amide bonds. The average Bonchev–Trinajstić information content (AvgIpc) is 3.64. The third-order valence-corrected chi connectivity index (χ3v) is 8.51. The van der Waals surface area contributed by atoms with E-state index in [1.165, 1.54) is 29.5 Å². The van der Waals surface area contributed by atoms with Crippen LogP contribution in [0, 0.1) is 23.7 Å². The largest absolute Gasteiger partial charge is 0.452 e. The number of imide groups is 1. The van der Waals surface area contributed by atoms with Gasteiger partial charge in [-0.1, -0.05) is 30.3 Å². The highest BCUT2D eigenvalue weighted by Crippen LogP contribution is 2.61. The van der Waals surface area contributed by atoms with Gasteiger partial charge in [-0.05, 0) is 91.6 Å². The van der Waals surface area contributed by atoms with Crippen LogP contribution in [0.3, 0.4) is 0 Å². The second kappa shape index (κ2) is 10.2. The molecule has 3 aromatic carbocycles. The van der Waals surface area contributed by atoms with Crippen molar-refractivity contribution in [2.75, 3.05) is 16.8 Å². The van der Waals surface area contributed by atoms with Crippen LogP contribution in [-0.2, 0) is 19.1 Å². The molecule has 6 rings (SSSR count). The van der Waals surface area contributed by atoms with Gasteiger partial charge in [0.25, 0.3) is 5.91 Å². The summed E-state index contributed by atoms with van der Waals surface area (Å²) in [7, 11) is 0. The van der Waals surface area contributed by atoms with Crippen molar-refractivity contribution in [2.45, 2.75) is 25.7 Å². The maximum Gasteiger partial charge on any atom is 0.338 e. The summed E-state index contributed by atoms with van der Waals surface area (Å²) < 4.78 is 5.13. The highest BCUT2D eigenvalue weighted by molar-refractivity contribution is 6.22. The van der Waals surface area contributed by atoms with Crippen LogP contribution in [0.5, 0.6) is 0 Å². The number of benzene rings is 3. The van der Waals surface area contributed by atoms with Gasteiger partial charge in [0.05, 0.1) is 23.1 Å². The number of ether oxygens (including phenoxy) is 1. The second-order valence-corrected chi connectivity index (χ2v) is 10.8. The molecule has 1 aliphatic heterocycles. The molecule has 0 aromatic heterocycles. The number of hydrogen-bond donors (Lipinski definition) is 1. The molecule has 1 saturated heterocycles. The van der Waals surface area contributed by atoms with E-state index in [0.717, 1.165) is 12.8 Å². The Labute approximate surface area is 231 Å². The summed E-state index contributed by atoms with van der Waals surface area (Å²) in [5.41, 5.74) is 2.87. The Kier molecular flexibility index (Phi) is 6.54. The quantitative estimate of drug-likeness (QED) is 0.268. The van der Waals surface area contributed by atoms with Crippen LogP contribution in [0.15, 0.2) is 78.9 Å². The molecule has 0 spiro atoms. The Morgan fingerprint density at radius 2 is 1.48 bits per heavy atom. The van der Waals surface area contributed by atoms with Crippen molar-refractivity contribution in [3.05, 3.63) is 95.6 Å². The molecule has 3 fully saturated rings. The molecule has 8 heteroatoms. The number of Topliss-reactive ketones (excluding diaryl/α,β-unsaturated/α-hetero) is 1. The van der Waals surface area contributed by atoms with E-state index in [1.54, 1.807) is 36.4 Å². The normalized spacial score (nSPS) is 24.6. The number of esters is 1. The zero-order chi connectivity index (χ0) is 28.0. The van der Waals surface area contributed by atoms with Gasteiger partial charge in [0.1, 0.15) is 0 Å². The number of anilines is 2. The predicted molar refractivity (Wildman–Crippen MR) is 147 cm³/mol. The number of amides is 3. The van der Waals surface area contributed by atoms with Crippen molar-refractivity contribution in [3.8, 4) is 0 Å². The molecule has 2 bridgehead atoms. The van der Waals surface area contributed by atoms with E-state index in [9.17, 15) is 24.0 Å². The maximum atomic E-state index is 13.5. The zero-order valence-electron chi connectivity index (χ0n) is 21.9. The van der Waals surface area contributed by atoms with Crippen LogP contribution in [-0.4, -0.2) is 36.1 Å². The summed E-state index contributed by atoms with van der Waals surface area (Å²) in [6.45, 7) is 0.961. The highest BCUT2D eigenvalue weighted by atomic mass is 16.5. The molecular formula is C32H28N2O6. The average molecular weight is 537 g/mol. The van der Waals surface area contributed by atoms with Gasteiger partial charge in [0.2, 0.25) is 11.8 Å². The van der Waals surface area contributed by atoms with Crippen LogP contribution in [0.2, 0.25) is 0 Å². The minimum Gasteiger partial charge on any atom is -0.452 e. The topological polar surface area (TPSA) is 110 Å². The van der Waals surface area contributed by atoms with Crippen molar-refractivity contribution in [1.82, 2.24) is 0 Å². The van der Waals surface area contributed by atoms with Crippen molar-refractivity contribution in [1.29, 1.82) is 0 Å². The molecule has 202 valence electrons. The number of fused-ring (bicyclic) bond motifs is 5. The smallest absolute Gasteiger partial charge is 0.338 e. The zero-order valence-corrected chi connectivity index (χ0v) is 21.9. The second-order valence-electron chi connectivity index (χ2n) is 10.8. The lowest BCUT2D eigenvalue weighted by molar-refractivity contribution is -0.123. The Morgan fingerprint density at radius 3 is 2.15 bits per heavy atom. The van der Waals surface area contributed by atoms with Gasteiger partial charge in [-0.3, -0.25) is 24.1 Å². The first-order chi connectivity index (χ1) is 19.3. The Hall–Kier alpha value is -4.59. The number of rotatable bonds is 7. The first-order valence-electron chi connectivity index (χ1n) is 13.4. The number of nitrogens with one attached hydrogen (secondary N) is 1. The van der Waals surface area contributed by atoms with Crippen molar-refractivity contribution in [3.63, 3.8) is 0 Å². The third kappa shape index (κ3) is 4.49. The van der Waals surface area contributed by atoms with E-state index in [2.05, 4.69) is 17.4 Å². The van der Waals surface area contributed by atoms with Crippen molar-refractivity contribution < 1.29 is 28.7 Å². The first-order valence-corrected chi connectivity index (χ1v) is 13.4. The molecule has 2 saturated carbocycles. The van der Waals surface area contributed by atoms with E-state index >= 15 is 0 Å². The summed E-state index contributed by atoms with van der Waals surface area (Å²) >= 11 is 0. The molecule has 0 radical (unpaired) electrons. The fourth-order valence-corrected chi connectivity index (χ4v) is 6.74. The molecule has 3 aromatic rings. The van der Waals surface area contributed by atoms with E-state index < -0.39 is 18.5 Å². The van der Waals surface area contributed by atoms with Gasteiger partial charge < -0.3 is 10.1 Å². The molecular weight excluding hydrogens is 508 g/mol. The van der Waals surface area contributed by atoms with Gasteiger partial charge in [-0.15, -0.1) is 0 Å². The maximum absolute atomic E-state index is 13.5. The van der Waals surface area contributed by atoms with Gasteiger partial charge in [-0.25, -0.2) is 4.79 Å². The van der Waals surface area contributed by atoms with E-state index in [-0.39, 0.29) is 46.8 Å². The molecule has 3 aliphatic rings. The number of carbonyl (C=O) groups is 5. The lowest BCUT2D eigenvalue weighted by Gasteiger charge is -2.28. The van der Waals surface area contributed by atoms with Crippen molar-refractivity contribution in [2.24, 2.45) is 23.7 Å². The highest BCUT2D eigenvalue weighted by Gasteiger charge is 2.64. The predicted octanol–water partition coefficient (Wildman–Crippen LogP) is 4.61. The molecule has 1 N–H and O–H groups in total. The summed E-state index contributed by atoms with van der Waals surface area (Å²) in [4.78, 5) is 64.3. The number of ketones is 1. The lowest BCUT2D eigenvalue weighted by atomic mass is 9.73. The van der Waals surface area contributed by atoms with Crippen molar-refractivity contribution >= 4 is 40.8 Å². The molecule has 1 heterocycles. The first kappa shape index (κ1) is 25.7. The Bertz CT molecular complexity index is 1500. The van der Waals surface area contributed by atoms with Crippen LogP contribution in [0.4, 0.5) is 11.4 Å². The fraction of sp³-hybridized carbons (Fsp3) is 0.281. The third-order valence-electron chi connectivity index (χ3n) is 8.51. The monoisotopic (exact) mass is 536 g/mol. The molecule has 5 atom stereocenters. The van der Waals surface area contributed by atoms with Crippen LogP contribution < -0.4 is 10.2 Å². The number of nitrogens with zero attached hydrogens (tertiary/aromatic N) is 1. The minimum atomic E-state index is -0.701. The number of hydrogen-bond acceptors (Lipinski definition) is 6. The van der Waals surface area contributed by atoms with E-state index in [0.29, 0.717) is 22.9 Å². The minimum absolute atomic E-state index is 0.0806. The summed E-state index contributed by atoms with van der Waals surface area (Å²) in [6.07, 6.45) is 1.83. The number of carbonyl (C=O) groups excluding carboxylic acids is 5. The summed E-state index contributed by atoms with van der Waals surface area (Å²) in [5, 5.41) is 2.61. The Balaban J connectivity index is 1.08. The molecule has 8 nitrogen and oxygen atoms in total. The standard InChI is InChI=1S/C32H28N2O6/c1-18(35)19-7-11-23(12-8-19)33-27(36)17-40-32(39)21-9-13-24(14-10-21)34-30(37)28-22-15-25(20-5-3-2-4-6-20)26(16-22)29(28)31(34)38/h2-14,22,25-26,28-29H,15-17H2,1H3,(H,33,36)/t22-,25-,26+,28+,29+/m0/s1. The molecule has 40 heavy (non-hydrogen) atoms. The van der Waals surface area contributed by atoms with Gasteiger partial charge >= 0.3 is 5.97 Å². The lowest BCUT2D eigenvalue weighted by Crippen LogP contribution is -2.33. The molecule has 0 unspecified atom stereocenters. The summed E-state index contributed by atoms with van der Waals surface area (Å²) in [6, 6.07) is 22.7. The van der Waals surface area contributed by atoms with Crippen LogP contribution in [0.25, 0.3) is 0 Å². The summed E-state index contributed by atoms with van der Waals surface area (Å²) in [5.74, 6) is -1.56.